The normalized spacial score (nSPS) is 18.2. The molecule has 1 aromatic heterocycles. The van der Waals surface area contributed by atoms with E-state index < -0.39 is 0 Å². The maximum absolute atomic E-state index is 4.31. The van der Waals surface area contributed by atoms with Crippen LogP contribution in [0, 0.1) is 0 Å². The van der Waals surface area contributed by atoms with Gasteiger partial charge in [0.25, 0.3) is 0 Å². The molecule has 1 aliphatic heterocycles. The zero-order valence-corrected chi connectivity index (χ0v) is 15.0. The lowest BCUT2D eigenvalue weighted by molar-refractivity contribution is 0.184. The monoisotopic (exact) mass is 327 g/mol. The van der Waals surface area contributed by atoms with Gasteiger partial charge in [-0.1, -0.05) is 30.3 Å². The maximum Gasteiger partial charge on any atom is 0.149 e. The Kier molecular flexibility index (Phi) is 5.63. The Morgan fingerprint density at radius 2 is 1.83 bits per heavy atom. The minimum Gasteiger partial charge on any atom is -0.314 e. The number of benzene rings is 1. The van der Waals surface area contributed by atoms with Crippen LogP contribution in [0.4, 0.5) is 0 Å². The van der Waals surface area contributed by atoms with E-state index in [0.717, 1.165) is 25.5 Å². The second-order valence-electron chi connectivity index (χ2n) is 7.11. The smallest absolute Gasteiger partial charge is 0.149 e. The lowest BCUT2D eigenvalue weighted by atomic mass is 10.0. The Hall–Kier alpha value is -1.72. The molecule has 1 aliphatic rings. The third-order valence-electron chi connectivity index (χ3n) is 4.87. The number of hydrogen-bond acceptors (Lipinski definition) is 4. The molecule has 24 heavy (non-hydrogen) atoms. The van der Waals surface area contributed by atoms with E-state index in [2.05, 4.69) is 76.1 Å². The maximum atomic E-state index is 4.31. The van der Waals surface area contributed by atoms with Gasteiger partial charge >= 0.3 is 0 Å². The molecule has 1 atom stereocenters. The minimum atomic E-state index is 0.237. The predicted octanol–water partition coefficient (Wildman–Crippen LogP) is 3.17. The van der Waals surface area contributed by atoms with Crippen LogP contribution in [0.5, 0.6) is 0 Å². The fourth-order valence-electron chi connectivity index (χ4n) is 3.49. The van der Waals surface area contributed by atoms with E-state index >= 15 is 0 Å². The molecule has 2 aromatic rings. The summed E-state index contributed by atoms with van der Waals surface area (Å²) in [5, 5.41) is 12.1. The molecular formula is C19H29N5. The summed E-state index contributed by atoms with van der Waals surface area (Å²) in [5.41, 5.74) is 1.40. The SMILES string of the molecule is CC(C)n1cnnc1[C@H](C)NC1CCN(Cc2ccccc2)CC1. The van der Waals surface area contributed by atoms with Crippen LogP contribution in [-0.4, -0.2) is 38.8 Å². The van der Waals surface area contributed by atoms with E-state index in [0.29, 0.717) is 12.1 Å². The van der Waals surface area contributed by atoms with Crippen molar-refractivity contribution in [2.45, 2.75) is 58.3 Å². The number of aromatic nitrogens is 3. The number of piperidine rings is 1. The van der Waals surface area contributed by atoms with Crippen LogP contribution in [0.25, 0.3) is 0 Å². The largest absolute Gasteiger partial charge is 0.314 e. The summed E-state index contributed by atoms with van der Waals surface area (Å²) < 4.78 is 2.15. The molecule has 1 fully saturated rings. The molecule has 0 spiro atoms. The zero-order valence-electron chi connectivity index (χ0n) is 15.0. The molecule has 5 heteroatoms. The highest BCUT2D eigenvalue weighted by Gasteiger charge is 2.23. The number of likely N-dealkylation sites (tertiary alicyclic amines) is 1. The number of nitrogens with one attached hydrogen (secondary N) is 1. The lowest BCUT2D eigenvalue weighted by Gasteiger charge is -2.34. The van der Waals surface area contributed by atoms with Gasteiger partial charge in [-0.25, -0.2) is 0 Å². The molecule has 2 heterocycles. The van der Waals surface area contributed by atoms with Gasteiger partial charge in [0.2, 0.25) is 0 Å². The van der Waals surface area contributed by atoms with E-state index in [-0.39, 0.29) is 6.04 Å². The molecule has 0 saturated carbocycles. The summed E-state index contributed by atoms with van der Waals surface area (Å²) in [4.78, 5) is 2.55. The van der Waals surface area contributed by atoms with Crippen LogP contribution in [0.2, 0.25) is 0 Å². The Morgan fingerprint density at radius 1 is 1.12 bits per heavy atom. The van der Waals surface area contributed by atoms with E-state index in [9.17, 15) is 0 Å². The van der Waals surface area contributed by atoms with E-state index in [1.165, 1.54) is 18.4 Å². The van der Waals surface area contributed by atoms with Gasteiger partial charge in [0.15, 0.2) is 0 Å². The summed E-state index contributed by atoms with van der Waals surface area (Å²) >= 11 is 0. The highest BCUT2D eigenvalue weighted by molar-refractivity contribution is 5.14. The van der Waals surface area contributed by atoms with Crippen LogP contribution in [-0.2, 0) is 6.54 Å². The minimum absolute atomic E-state index is 0.237. The van der Waals surface area contributed by atoms with Crippen molar-refractivity contribution < 1.29 is 0 Å². The fourth-order valence-corrected chi connectivity index (χ4v) is 3.49. The predicted molar refractivity (Wildman–Crippen MR) is 96.7 cm³/mol. The Balaban J connectivity index is 1.49. The Morgan fingerprint density at radius 3 is 2.50 bits per heavy atom. The molecule has 0 aliphatic carbocycles. The summed E-state index contributed by atoms with van der Waals surface area (Å²) in [6.45, 7) is 9.89. The topological polar surface area (TPSA) is 46.0 Å². The lowest BCUT2D eigenvalue weighted by Crippen LogP contribution is -2.43. The zero-order chi connectivity index (χ0) is 16.9. The molecule has 0 unspecified atom stereocenters. The molecule has 130 valence electrons. The number of hydrogen-bond donors (Lipinski definition) is 1. The first-order valence-corrected chi connectivity index (χ1v) is 9.05. The molecule has 5 nitrogen and oxygen atoms in total. The fraction of sp³-hybridized carbons (Fsp3) is 0.579. The van der Waals surface area contributed by atoms with Gasteiger partial charge in [-0.3, -0.25) is 4.90 Å². The summed E-state index contributed by atoms with van der Waals surface area (Å²) in [7, 11) is 0. The van der Waals surface area contributed by atoms with Gasteiger partial charge in [0.1, 0.15) is 12.2 Å². The highest BCUT2D eigenvalue weighted by Crippen LogP contribution is 2.19. The first kappa shape index (κ1) is 17.1. The molecule has 3 rings (SSSR count). The van der Waals surface area contributed by atoms with Crippen molar-refractivity contribution in [3.05, 3.63) is 48.0 Å². The molecule has 1 aromatic carbocycles. The molecule has 0 bridgehead atoms. The summed E-state index contributed by atoms with van der Waals surface area (Å²) in [5.74, 6) is 1.04. The number of rotatable bonds is 6. The standard InChI is InChI=1S/C19H29N5/c1-15(2)24-14-20-22-19(24)16(3)21-18-9-11-23(12-10-18)13-17-7-5-4-6-8-17/h4-8,14-16,18,21H,9-13H2,1-3H3/t16-/m0/s1. The molecule has 1 N–H and O–H groups in total. The van der Waals surface area contributed by atoms with Crippen LogP contribution in [0.15, 0.2) is 36.7 Å². The van der Waals surface area contributed by atoms with Crippen molar-refractivity contribution in [1.82, 2.24) is 25.0 Å². The van der Waals surface area contributed by atoms with E-state index in [1.807, 2.05) is 6.33 Å². The second kappa shape index (κ2) is 7.90. The van der Waals surface area contributed by atoms with Crippen molar-refractivity contribution in [1.29, 1.82) is 0 Å². The Bertz CT molecular complexity index is 614. The molecule has 0 radical (unpaired) electrons. The van der Waals surface area contributed by atoms with Gasteiger partial charge in [0.05, 0.1) is 6.04 Å². The van der Waals surface area contributed by atoms with Crippen LogP contribution >= 0.6 is 0 Å². The van der Waals surface area contributed by atoms with Gasteiger partial charge in [0, 0.05) is 18.6 Å². The van der Waals surface area contributed by atoms with Crippen molar-refractivity contribution in [3.63, 3.8) is 0 Å². The highest BCUT2D eigenvalue weighted by atomic mass is 15.3. The van der Waals surface area contributed by atoms with E-state index in [1.54, 1.807) is 0 Å². The summed E-state index contributed by atoms with van der Waals surface area (Å²) in [6, 6.07) is 11.9. The quantitative estimate of drug-likeness (QED) is 0.885. The van der Waals surface area contributed by atoms with Crippen LogP contribution in [0.3, 0.4) is 0 Å². The van der Waals surface area contributed by atoms with Crippen molar-refractivity contribution >= 4 is 0 Å². The van der Waals surface area contributed by atoms with E-state index in [4.69, 9.17) is 0 Å². The van der Waals surface area contributed by atoms with Gasteiger partial charge < -0.3 is 9.88 Å². The van der Waals surface area contributed by atoms with Crippen molar-refractivity contribution in [2.75, 3.05) is 13.1 Å². The average molecular weight is 327 g/mol. The Labute approximate surface area is 145 Å². The number of nitrogens with zero attached hydrogens (tertiary/aromatic N) is 4. The van der Waals surface area contributed by atoms with Gasteiger partial charge in [-0.2, -0.15) is 0 Å². The molecule has 0 amide bonds. The van der Waals surface area contributed by atoms with Gasteiger partial charge in [-0.15, -0.1) is 10.2 Å². The third-order valence-corrected chi connectivity index (χ3v) is 4.87. The average Bonchev–Trinajstić information content (AvgIpc) is 3.08. The third kappa shape index (κ3) is 4.22. The second-order valence-corrected chi connectivity index (χ2v) is 7.11. The van der Waals surface area contributed by atoms with Crippen molar-refractivity contribution in [3.8, 4) is 0 Å². The van der Waals surface area contributed by atoms with Crippen LogP contribution in [0.1, 0.15) is 57.1 Å². The van der Waals surface area contributed by atoms with Gasteiger partial charge in [-0.05, 0) is 52.3 Å². The first-order chi connectivity index (χ1) is 11.6. The summed E-state index contributed by atoms with van der Waals surface area (Å²) in [6.07, 6.45) is 4.21. The molecular weight excluding hydrogens is 298 g/mol. The molecule has 1 saturated heterocycles. The first-order valence-electron chi connectivity index (χ1n) is 9.05. The van der Waals surface area contributed by atoms with Crippen LogP contribution < -0.4 is 5.32 Å². The van der Waals surface area contributed by atoms with Crippen molar-refractivity contribution in [2.24, 2.45) is 0 Å².